The standard InChI is InChI=1S/C17H21N5O3/c1-2-25-17(24)22-10-8-21(9-11-22)16(23)19-14-5-3-4-13(12-14)15-6-7-18-20-15/h3-7,12H,2,8-11H2,1H3,(H,18,20)(H,19,23). The Morgan fingerprint density at radius 3 is 2.64 bits per heavy atom. The number of carbonyl (C=O) groups excluding carboxylic acids is 2. The molecule has 0 unspecified atom stereocenters. The van der Waals surface area contributed by atoms with Crippen molar-refractivity contribution in [3.63, 3.8) is 0 Å². The maximum absolute atomic E-state index is 12.4. The first-order valence-electron chi connectivity index (χ1n) is 8.25. The third-order valence-electron chi connectivity index (χ3n) is 4.02. The van der Waals surface area contributed by atoms with Gasteiger partial charge in [-0.3, -0.25) is 5.10 Å². The quantitative estimate of drug-likeness (QED) is 0.895. The number of amides is 3. The molecule has 2 heterocycles. The van der Waals surface area contributed by atoms with E-state index in [4.69, 9.17) is 4.74 Å². The summed E-state index contributed by atoms with van der Waals surface area (Å²) in [4.78, 5) is 27.4. The Bertz CT molecular complexity index is 724. The number of H-pyrrole nitrogens is 1. The lowest BCUT2D eigenvalue weighted by Crippen LogP contribution is -2.51. The summed E-state index contributed by atoms with van der Waals surface area (Å²) in [6, 6.07) is 9.25. The average Bonchev–Trinajstić information content (AvgIpc) is 3.17. The van der Waals surface area contributed by atoms with Crippen molar-refractivity contribution in [3.8, 4) is 11.3 Å². The summed E-state index contributed by atoms with van der Waals surface area (Å²) < 4.78 is 4.98. The second-order valence-corrected chi connectivity index (χ2v) is 5.65. The molecule has 0 atom stereocenters. The number of aromatic nitrogens is 2. The second kappa shape index (κ2) is 7.69. The number of benzene rings is 1. The highest BCUT2D eigenvalue weighted by molar-refractivity contribution is 5.90. The molecule has 0 radical (unpaired) electrons. The van der Waals surface area contributed by atoms with Crippen molar-refractivity contribution in [2.45, 2.75) is 6.92 Å². The molecule has 1 saturated heterocycles. The number of ether oxygens (including phenoxy) is 1. The van der Waals surface area contributed by atoms with Crippen molar-refractivity contribution >= 4 is 17.8 Å². The van der Waals surface area contributed by atoms with Gasteiger partial charge in [0.2, 0.25) is 0 Å². The highest BCUT2D eigenvalue weighted by atomic mass is 16.6. The lowest BCUT2D eigenvalue weighted by Gasteiger charge is -2.34. The van der Waals surface area contributed by atoms with Crippen molar-refractivity contribution in [3.05, 3.63) is 36.5 Å². The van der Waals surface area contributed by atoms with Crippen molar-refractivity contribution in [1.29, 1.82) is 0 Å². The number of carbonyl (C=O) groups is 2. The Balaban J connectivity index is 1.57. The number of nitrogens with one attached hydrogen (secondary N) is 2. The van der Waals surface area contributed by atoms with Crippen LogP contribution < -0.4 is 5.32 Å². The zero-order chi connectivity index (χ0) is 17.6. The predicted molar refractivity (Wildman–Crippen MR) is 93.2 cm³/mol. The molecule has 3 rings (SSSR count). The minimum absolute atomic E-state index is 0.176. The smallest absolute Gasteiger partial charge is 0.409 e. The lowest BCUT2D eigenvalue weighted by atomic mass is 10.1. The Morgan fingerprint density at radius 2 is 1.96 bits per heavy atom. The van der Waals surface area contributed by atoms with Gasteiger partial charge in [-0.25, -0.2) is 9.59 Å². The van der Waals surface area contributed by atoms with Crippen molar-refractivity contribution in [1.82, 2.24) is 20.0 Å². The first-order chi connectivity index (χ1) is 12.2. The predicted octanol–water partition coefficient (Wildman–Crippen LogP) is 2.38. The van der Waals surface area contributed by atoms with E-state index in [1.165, 1.54) is 0 Å². The first-order valence-corrected chi connectivity index (χ1v) is 8.25. The number of rotatable bonds is 3. The molecule has 1 aromatic carbocycles. The van der Waals surface area contributed by atoms with E-state index in [1.807, 2.05) is 30.3 Å². The van der Waals surface area contributed by atoms with Gasteiger partial charge in [0.25, 0.3) is 0 Å². The van der Waals surface area contributed by atoms with Crippen LogP contribution >= 0.6 is 0 Å². The Hall–Kier alpha value is -3.03. The number of urea groups is 1. The normalized spacial score (nSPS) is 14.3. The molecule has 2 aromatic rings. The van der Waals surface area contributed by atoms with Crippen LogP contribution in [0.3, 0.4) is 0 Å². The molecule has 3 amide bonds. The van der Waals surface area contributed by atoms with Crippen molar-refractivity contribution in [2.24, 2.45) is 0 Å². The van der Waals surface area contributed by atoms with Crippen molar-refractivity contribution < 1.29 is 14.3 Å². The summed E-state index contributed by atoms with van der Waals surface area (Å²) in [7, 11) is 0. The summed E-state index contributed by atoms with van der Waals surface area (Å²) in [5, 5.41) is 9.74. The number of aromatic amines is 1. The fourth-order valence-corrected chi connectivity index (χ4v) is 2.69. The molecule has 0 spiro atoms. The van der Waals surface area contributed by atoms with Crippen LogP contribution in [0.1, 0.15) is 6.92 Å². The minimum Gasteiger partial charge on any atom is -0.450 e. The Labute approximate surface area is 145 Å². The van der Waals surface area contributed by atoms with Gasteiger partial charge in [0.05, 0.1) is 12.3 Å². The van der Waals surface area contributed by atoms with Gasteiger partial charge >= 0.3 is 12.1 Å². The molecule has 8 heteroatoms. The number of hydrogen-bond acceptors (Lipinski definition) is 4. The highest BCUT2D eigenvalue weighted by Gasteiger charge is 2.24. The first kappa shape index (κ1) is 16.8. The van der Waals surface area contributed by atoms with Gasteiger partial charge in [0.1, 0.15) is 0 Å². The minimum atomic E-state index is -0.324. The third kappa shape index (κ3) is 4.09. The Kier molecular flexibility index (Phi) is 5.17. The molecule has 8 nitrogen and oxygen atoms in total. The topological polar surface area (TPSA) is 90.6 Å². The Morgan fingerprint density at radius 1 is 1.20 bits per heavy atom. The molecule has 1 aliphatic rings. The summed E-state index contributed by atoms with van der Waals surface area (Å²) >= 11 is 0. The largest absolute Gasteiger partial charge is 0.450 e. The monoisotopic (exact) mass is 343 g/mol. The van der Waals surface area contributed by atoms with Crippen LogP contribution in [0.15, 0.2) is 36.5 Å². The molecule has 25 heavy (non-hydrogen) atoms. The molecule has 2 N–H and O–H groups in total. The van der Waals surface area contributed by atoms with E-state index in [2.05, 4.69) is 15.5 Å². The third-order valence-corrected chi connectivity index (χ3v) is 4.02. The number of nitrogens with zero attached hydrogens (tertiary/aromatic N) is 3. The number of piperazine rings is 1. The summed E-state index contributed by atoms with van der Waals surface area (Å²) in [5.74, 6) is 0. The number of anilines is 1. The fraction of sp³-hybridized carbons (Fsp3) is 0.353. The molecule has 132 valence electrons. The summed E-state index contributed by atoms with van der Waals surface area (Å²) in [6.07, 6.45) is 1.36. The van der Waals surface area contributed by atoms with E-state index < -0.39 is 0 Å². The van der Waals surface area contributed by atoms with Gasteiger partial charge in [-0.05, 0) is 25.1 Å². The van der Waals surface area contributed by atoms with E-state index in [1.54, 1.807) is 22.9 Å². The zero-order valence-corrected chi connectivity index (χ0v) is 14.1. The van der Waals surface area contributed by atoms with Crippen LogP contribution in [0.4, 0.5) is 15.3 Å². The van der Waals surface area contributed by atoms with Gasteiger partial charge in [-0.2, -0.15) is 5.10 Å². The van der Waals surface area contributed by atoms with Gasteiger partial charge in [-0.1, -0.05) is 12.1 Å². The molecular weight excluding hydrogens is 322 g/mol. The highest BCUT2D eigenvalue weighted by Crippen LogP contribution is 2.20. The zero-order valence-electron chi connectivity index (χ0n) is 14.1. The van der Waals surface area contributed by atoms with Crippen LogP contribution in [-0.4, -0.2) is 64.9 Å². The van der Waals surface area contributed by atoms with Crippen LogP contribution in [0.5, 0.6) is 0 Å². The molecule has 0 saturated carbocycles. The van der Waals surface area contributed by atoms with Gasteiger partial charge < -0.3 is 19.9 Å². The van der Waals surface area contributed by atoms with Gasteiger partial charge in [0, 0.05) is 43.6 Å². The molecule has 1 aliphatic heterocycles. The van der Waals surface area contributed by atoms with E-state index in [0.29, 0.717) is 38.5 Å². The van der Waals surface area contributed by atoms with Crippen LogP contribution in [0, 0.1) is 0 Å². The maximum atomic E-state index is 12.4. The van der Waals surface area contributed by atoms with E-state index in [0.717, 1.165) is 11.3 Å². The molecule has 0 aliphatic carbocycles. The second-order valence-electron chi connectivity index (χ2n) is 5.65. The average molecular weight is 343 g/mol. The molecule has 1 fully saturated rings. The molecule has 1 aromatic heterocycles. The van der Waals surface area contributed by atoms with Gasteiger partial charge in [0.15, 0.2) is 0 Å². The van der Waals surface area contributed by atoms with Crippen LogP contribution in [0.2, 0.25) is 0 Å². The number of hydrogen-bond donors (Lipinski definition) is 2. The lowest BCUT2D eigenvalue weighted by molar-refractivity contribution is 0.0868. The van der Waals surface area contributed by atoms with Crippen LogP contribution in [-0.2, 0) is 4.74 Å². The van der Waals surface area contributed by atoms with Crippen molar-refractivity contribution in [2.75, 3.05) is 38.1 Å². The van der Waals surface area contributed by atoms with E-state index >= 15 is 0 Å². The van der Waals surface area contributed by atoms with E-state index in [9.17, 15) is 9.59 Å². The van der Waals surface area contributed by atoms with Crippen LogP contribution in [0.25, 0.3) is 11.3 Å². The molecular formula is C17H21N5O3. The SMILES string of the molecule is CCOC(=O)N1CCN(C(=O)Nc2cccc(-c3ccn[nH]3)c2)CC1. The summed E-state index contributed by atoms with van der Waals surface area (Å²) in [5.41, 5.74) is 2.55. The fourth-order valence-electron chi connectivity index (χ4n) is 2.69. The molecule has 0 bridgehead atoms. The maximum Gasteiger partial charge on any atom is 0.409 e. The summed E-state index contributed by atoms with van der Waals surface area (Å²) in [6.45, 7) is 4.03. The van der Waals surface area contributed by atoms with Gasteiger partial charge in [-0.15, -0.1) is 0 Å². The van der Waals surface area contributed by atoms with E-state index in [-0.39, 0.29) is 12.1 Å².